The first-order valence-electron chi connectivity index (χ1n) is 11.8. The number of rotatable bonds is 6. The molecule has 1 atom stereocenters. The molecular formula is C25H33NO5. The van der Waals surface area contributed by atoms with Gasteiger partial charge in [0, 0.05) is 0 Å². The molecule has 1 heterocycles. The summed E-state index contributed by atoms with van der Waals surface area (Å²) in [5.74, 6) is 3.22. The third-order valence-electron chi connectivity index (χ3n) is 7.71. The molecule has 168 valence electrons. The number of nitrogens with one attached hydrogen (secondary N) is 1. The lowest BCUT2D eigenvalue weighted by atomic mass is 9.49. The molecule has 0 saturated heterocycles. The fourth-order valence-corrected chi connectivity index (χ4v) is 6.75. The van der Waals surface area contributed by atoms with Crippen molar-refractivity contribution < 1.29 is 23.8 Å². The highest BCUT2D eigenvalue weighted by atomic mass is 16.6. The van der Waals surface area contributed by atoms with E-state index in [4.69, 9.17) is 14.2 Å². The predicted octanol–water partition coefficient (Wildman–Crippen LogP) is 4.03. The van der Waals surface area contributed by atoms with Crippen molar-refractivity contribution in [3.05, 3.63) is 23.8 Å². The number of carbonyl (C=O) groups is 2. The summed E-state index contributed by atoms with van der Waals surface area (Å²) in [5, 5.41) is 3.06. The highest BCUT2D eigenvalue weighted by molar-refractivity contribution is 5.83. The summed E-state index contributed by atoms with van der Waals surface area (Å²) in [6.07, 6.45) is 6.68. The number of carbonyl (C=O) groups excluding carboxylic acids is 2. The zero-order valence-corrected chi connectivity index (χ0v) is 18.5. The number of hydrogen-bond acceptors (Lipinski definition) is 5. The number of ether oxygens (including phenoxy) is 3. The van der Waals surface area contributed by atoms with E-state index in [1.165, 1.54) is 19.3 Å². The van der Waals surface area contributed by atoms with Crippen LogP contribution in [0.2, 0.25) is 0 Å². The van der Waals surface area contributed by atoms with Crippen molar-refractivity contribution in [3.8, 4) is 11.5 Å². The molecule has 6 heteroatoms. The molecule has 1 aliphatic heterocycles. The van der Waals surface area contributed by atoms with Gasteiger partial charge in [0.05, 0.1) is 11.5 Å². The van der Waals surface area contributed by atoms with Gasteiger partial charge in [0.25, 0.3) is 5.91 Å². The number of esters is 1. The molecule has 4 saturated carbocycles. The maximum absolute atomic E-state index is 13.0. The molecule has 1 amide bonds. The molecule has 31 heavy (non-hydrogen) atoms. The van der Waals surface area contributed by atoms with Crippen molar-refractivity contribution in [1.29, 1.82) is 0 Å². The molecule has 5 aliphatic rings. The lowest BCUT2D eigenvalue weighted by Gasteiger charge is -2.55. The van der Waals surface area contributed by atoms with Gasteiger partial charge in [-0.25, -0.2) is 0 Å². The van der Waals surface area contributed by atoms with Gasteiger partial charge in [-0.3, -0.25) is 9.59 Å². The first-order valence-corrected chi connectivity index (χ1v) is 11.8. The van der Waals surface area contributed by atoms with Gasteiger partial charge in [-0.05, 0) is 79.9 Å². The maximum Gasteiger partial charge on any atom is 0.312 e. The monoisotopic (exact) mass is 427 g/mol. The number of hydrogen-bond donors (Lipinski definition) is 1. The molecule has 1 N–H and O–H groups in total. The minimum absolute atomic E-state index is 0.151. The summed E-state index contributed by atoms with van der Waals surface area (Å²) in [6, 6.07) is 5.58. The van der Waals surface area contributed by atoms with E-state index in [-0.39, 0.29) is 35.9 Å². The highest BCUT2D eigenvalue weighted by Crippen LogP contribution is 2.60. The van der Waals surface area contributed by atoms with E-state index < -0.39 is 0 Å². The molecular weight excluding hydrogens is 394 g/mol. The van der Waals surface area contributed by atoms with Crippen LogP contribution in [0, 0.1) is 29.1 Å². The average molecular weight is 428 g/mol. The second-order valence-electron chi connectivity index (χ2n) is 10.5. The van der Waals surface area contributed by atoms with Gasteiger partial charge in [-0.2, -0.15) is 0 Å². The molecule has 4 bridgehead atoms. The Labute approximate surface area is 184 Å². The molecule has 1 aromatic rings. The Hall–Kier alpha value is -2.24. The van der Waals surface area contributed by atoms with Crippen molar-refractivity contribution in [2.24, 2.45) is 29.1 Å². The molecule has 1 aromatic carbocycles. The largest absolute Gasteiger partial charge is 0.486 e. The van der Waals surface area contributed by atoms with Crippen LogP contribution in [-0.2, 0) is 14.3 Å². The van der Waals surface area contributed by atoms with Gasteiger partial charge >= 0.3 is 5.97 Å². The highest BCUT2D eigenvalue weighted by Gasteiger charge is 2.55. The van der Waals surface area contributed by atoms with Crippen molar-refractivity contribution in [1.82, 2.24) is 5.32 Å². The van der Waals surface area contributed by atoms with E-state index in [1.54, 1.807) is 0 Å². The lowest BCUT2D eigenvalue weighted by molar-refractivity contribution is -0.173. The van der Waals surface area contributed by atoms with Crippen LogP contribution < -0.4 is 14.8 Å². The fraction of sp³-hybridized carbons (Fsp3) is 0.680. The van der Waals surface area contributed by atoms with Gasteiger partial charge in [0.1, 0.15) is 13.2 Å². The molecule has 4 aliphatic carbocycles. The SMILES string of the molecule is CC(C)[C@@H](NC(=O)COC(=O)C12CC3CC(CC(C3)C1)C2)c1ccc2c(c1)OCCO2. The Morgan fingerprint density at radius 3 is 2.26 bits per heavy atom. The molecule has 0 unspecified atom stereocenters. The smallest absolute Gasteiger partial charge is 0.312 e. The summed E-state index contributed by atoms with van der Waals surface area (Å²) in [7, 11) is 0. The van der Waals surface area contributed by atoms with Crippen molar-refractivity contribution in [3.63, 3.8) is 0 Å². The van der Waals surface area contributed by atoms with Crippen molar-refractivity contribution in [2.75, 3.05) is 19.8 Å². The van der Waals surface area contributed by atoms with Crippen LogP contribution in [0.15, 0.2) is 18.2 Å². The second kappa shape index (κ2) is 8.03. The van der Waals surface area contributed by atoms with Gasteiger partial charge in [0.15, 0.2) is 18.1 Å². The molecule has 6 nitrogen and oxygen atoms in total. The zero-order valence-electron chi connectivity index (χ0n) is 18.5. The zero-order chi connectivity index (χ0) is 21.6. The third kappa shape index (κ3) is 4.01. The number of amides is 1. The Morgan fingerprint density at radius 1 is 1.03 bits per heavy atom. The van der Waals surface area contributed by atoms with Crippen molar-refractivity contribution in [2.45, 2.75) is 58.4 Å². The van der Waals surface area contributed by atoms with Crippen LogP contribution in [0.4, 0.5) is 0 Å². The first-order chi connectivity index (χ1) is 14.9. The minimum atomic E-state index is -0.331. The van der Waals surface area contributed by atoms with Gasteiger partial charge < -0.3 is 19.5 Å². The van der Waals surface area contributed by atoms with Gasteiger partial charge in [-0.15, -0.1) is 0 Å². The van der Waals surface area contributed by atoms with E-state index in [9.17, 15) is 9.59 Å². The molecule has 0 aromatic heterocycles. The lowest BCUT2D eigenvalue weighted by Crippen LogP contribution is -2.51. The summed E-state index contributed by atoms with van der Waals surface area (Å²) in [4.78, 5) is 25.7. The van der Waals surface area contributed by atoms with Gasteiger partial charge in [0.2, 0.25) is 0 Å². The van der Waals surface area contributed by atoms with Gasteiger partial charge in [-0.1, -0.05) is 19.9 Å². The van der Waals surface area contributed by atoms with E-state index in [1.807, 2.05) is 18.2 Å². The van der Waals surface area contributed by atoms with Crippen LogP contribution in [-0.4, -0.2) is 31.7 Å². The topological polar surface area (TPSA) is 73.9 Å². The first kappa shape index (κ1) is 20.7. The van der Waals surface area contributed by atoms with Crippen LogP contribution >= 0.6 is 0 Å². The van der Waals surface area contributed by atoms with E-state index in [0.717, 1.165) is 30.6 Å². The fourth-order valence-electron chi connectivity index (χ4n) is 6.75. The second-order valence-corrected chi connectivity index (χ2v) is 10.5. The van der Waals surface area contributed by atoms with Crippen LogP contribution in [0.5, 0.6) is 11.5 Å². The van der Waals surface area contributed by atoms with Crippen LogP contribution in [0.25, 0.3) is 0 Å². The molecule has 0 spiro atoms. The summed E-state index contributed by atoms with van der Waals surface area (Å²) < 4.78 is 16.9. The van der Waals surface area contributed by atoms with Crippen molar-refractivity contribution >= 4 is 11.9 Å². The summed E-state index contributed by atoms with van der Waals surface area (Å²) in [6.45, 7) is 4.97. The molecule has 0 radical (unpaired) electrons. The van der Waals surface area contributed by atoms with E-state index >= 15 is 0 Å². The van der Waals surface area contributed by atoms with Crippen LogP contribution in [0.3, 0.4) is 0 Å². The molecule has 6 rings (SSSR count). The number of fused-ring (bicyclic) bond motifs is 1. The Bertz CT molecular complexity index is 828. The predicted molar refractivity (Wildman–Crippen MR) is 115 cm³/mol. The normalized spacial score (nSPS) is 31.4. The minimum Gasteiger partial charge on any atom is -0.486 e. The third-order valence-corrected chi connectivity index (χ3v) is 7.71. The quantitative estimate of drug-likeness (QED) is 0.694. The Morgan fingerprint density at radius 2 is 1.65 bits per heavy atom. The summed E-state index contributed by atoms with van der Waals surface area (Å²) >= 11 is 0. The average Bonchev–Trinajstić information content (AvgIpc) is 2.74. The molecule has 4 fully saturated rings. The van der Waals surface area contributed by atoms with E-state index in [2.05, 4.69) is 19.2 Å². The van der Waals surface area contributed by atoms with E-state index in [0.29, 0.717) is 36.7 Å². The number of benzene rings is 1. The maximum atomic E-state index is 13.0. The Kier molecular flexibility index (Phi) is 5.35. The Balaban J connectivity index is 1.21. The van der Waals surface area contributed by atoms with Crippen LogP contribution in [0.1, 0.15) is 64.0 Å². The summed E-state index contributed by atoms with van der Waals surface area (Å²) in [5.41, 5.74) is 0.627. The standard InChI is InChI=1S/C25H33NO5/c1-15(2)23(19-3-4-20-21(10-19)30-6-5-29-20)26-22(27)14-31-24(28)25-11-16-7-17(12-25)9-18(8-16)13-25/h3-4,10,15-18,23H,5-9,11-14H2,1-2H3,(H,26,27)/t16?,17?,18?,23-,25?/m1/s1.